The van der Waals surface area contributed by atoms with Gasteiger partial charge in [-0.05, 0) is 13.8 Å². The molecule has 5 heteroatoms. The van der Waals surface area contributed by atoms with Gasteiger partial charge in [-0.25, -0.2) is 9.66 Å². The van der Waals surface area contributed by atoms with Crippen molar-refractivity contribution in [3.05, 3.63) is 36.5 Å². The first-order valence-electron chi connectivity index (χ1n) is 6.16. The minimum absolute atomic E-state index is 0.0785. The highest BCUT2D eigenvalue weighted by atomic mass is 16.2. The molecule has 0 aliphatic carbocycles. The molecule has 96 valence electrons. The Bertz CT molecular complexity index is 657. The molecule has 1 N–H and O–H groups in total. The first kappa shape index (κ1) is 11.6. The Morgan fingerprint density at radius 3 is 2.74 bits per heavy atom. The Labute approximate surface area is 111 Å². The minimum Gasteiger partial charge on any atom is -0.294 e. The van der Waals surface area contributed by atoms with Crippen molar-refractivity contribution in [2.45, 2.75) is 13.8 Å². The van der Waals surface area contributed by atoms with E-state index in [0.29, 0.717) is 5.95 Å². The number of imidazole rings is 1. The molecule has 0 saturated carbocycles. The molecule has 0 fully saturated rings. The predicted octanol–water partition coefficient (Wildman–Crippen LogP) is 2.36. The van der Waals surface area contributed by atoms with Crippen LogP contribution in [0.4, 0.5) is 5.95 Å². The van der Waals surface area contributed by atoms with Crippen molar-refractivity contribution in [1.82, 2.24) is 9.66 Å². The van der Waals surface area contributed by atoms with E-state index in [-0.39, 0.29) is 11.8 Å². The third-order valence-electron chi connectivity index (χ3n) is 3.28. The molecule has 3 rings (SSSR count). The highest BCUT2D eigenvalue weighted by Crippen LogP contribution is 2.23. The summed E-state index contributed by atoms with van der Waals surface area (Å²) >= 11 is 0. The van der Waals surface area contributed by atoms with Crippen molar-refractivity contribution in [3.8, 4) is 11.3 Å². The molecule has 1 aliphatic heterocycles. The van der Waals surface area contributed by atoms with Crippen LogP contribution in [0.2, 0.25) is 0 Å². The summed E-state index contributed by atoms with van der Waals surface area (Å²) in [6.07, 6.45) is 1.83. The predicted molar refractivity (Wildman–Crippen MR) is 74.0 cm³/mol. The monoisotopic (exact) mass is 254 g/mol. The summed E-state index contributed by atoms with van der Waals surface area (Å²) in [7, 11) is 0. The van der Waals surface area contributed by atoms with Gasteiger partial charge in [-0.1, -0.05) is 30.3 Å². The second-order valence-corrected chi connectivity index (χ2v) is 4.61. The highest BCUT2D eigenvalue weighted by molar-refractivity contribution is 6.08. The molecule has 0 radical (unpaired) electrons. The van der Waals surface area contributed by atoms with Gasteiger partial charge in [-0.3, -0.25) is 10.1 Å². The Morgan fingerprint density at radius 2 is 2.00 bits per heavy atom. The van der Waals surface area contributed by atoms with Gasteiger partial charge in [0.15, 0.2) is 0 Å². The van der Waals surface area contributed by atoms with Crippen molar-refractivity contribution < 1.29 is 4.79 Å². The van der Waals surface area contributed by atoms with Crippen LogP contribution in [-0.4, -0.2) is 21.3 Å². The van der Waals surface area contributed by atoms with E-state index in [1.54, 1.807) is 4.68 Å². The average molecular weight is 254 g/mol. The summed E-state index contributed by atoms with van der Waals surface area (Å²) in [4.78, 5) is 16.3. The first-order valence-corrected chi connectivity index (χ1v) is 6.16. The van der Waals surface area contributed by atoms with E-state index < -0.39 is 0 Å². The van der Waals surface area contributed by atoms with E-state index in [2.05, 4.69) is 15.4 Å². The lowest BCUT2D eigenvalue weighted by atomic mass is 10.1. The van der Waals surface area contributed by atoms with Gasteiger partial charge in [0, 0.05) is 11.3 Å². The summed E-state index contributed by atoms with van der Waals surface area (Å²) < 4.78 is 1.62. The number of benzene rings is 1. The summed E-state index contributed by atoms with van der Waals surface area (Å²) in [5, 5.41) is 7.20. The largest absolute Gasteiger partial charge is 0.294 e. The van der Waals surface area contributed by atoms with Gasteiger partial charge < -0.3 is 0 Å². The zero-order valence-corrected chi connectivity index (χ0v) is 10.8. The molecular weight excluding hydrogens is 240 g/mol. The van der Waals surface area contributed by atoms with Crippen molar-refractivity contribution in [2.24, 2.45) is 11.0 Å². The van der Waals surface area contributed by atoms with Gasteiger partial charge in [-0.2, -0.15) is 5.10 Å². The van der Waals surface area contributed by atoms with E-state index >= 15 is 0 Å². The average Bonchev–Trinajstić information content (AvgIpc) is 2.77. The molecular formula is C14H14N4O. The maximum Gasteiger partial charge on any atom is 0.235 e. The summed E-state index contributed by atoms with van der Waals surface area (Å²) in [5.41, 5.74) is 2.56. The minimum atomic E-state index is -0.234. The van der Waals surface area contributed by atoms with Gasteiger partial charge in [0.25, 0.3) is 0 Å². The van der Waals surface area contributed by atoms with Crippen LogP contribution in [0, 0.1) is 5.92 Å². The van der Waals surface area contributed by atoms with Crippen LogP contribution in [0.3, 0.4) is 0 Å². The lowest BCUT2D eigenvalue weighted by Crippen LogP contribution is -2.24. The van der Waals surface area contributed by atoms with Crippen molar-refractivity contribution >= 4 is 17.6 Å². The number of hydrogen-bond donors (Lipinski definition) is 1. The van der Waals surface area contributed by atoms with Crippen molar-refractivity contribution in [1.29, 1.82) is 0 Å². The number of anilines is 1. The summed E-state index contributed by atoms with van der Waals surface area (Å²) in [5.74, 6) is 0.152. The fraction of sp³-hybridized carbons (Fsp3) is 0.214. The maximum absolute atomic E-state index is 11.9. The third kappa shape index (κ3) is 2.03. The fourth-order valence-corrected chi connectivity index (χ4v) is 1.95. The van der Waals surface area contributed by atoms with Gasteiger partial charge in [-0.15, -0.1) is 0 Å². The Kier molecular flexibility index (Phi) is 2.67. The quantitative estimate of drug-likeness (QED) is 0.849. The molecule has 2 aromatic rings. The second-order valence-electron chi connectivity index (χ2n) is 4.61. The van der Waals surface area contributed by atoms with Gasteiger partial charge in [0.2, 0.25) is 11.9 Å². The van der Waals surface area contributed by atoms with E-state index in [1.165, 1.54) is 0 Å². The molecule has 1 atom stereocenters. The van der Waals surface area contributed by atoms with Crippen molar-refractivity contribution in [3.63, 3.8) is 0 Å². The topological polar surface area (TPSA) is 59.3 Å². The van der Waals surface area contributed by atoms with Crippen molar-refractivity contribution in [2.75, 3.05) is 5.32 Å². The van der Waals surface area contributed by atoms with Crippen LogP contribution in [0.15, 0.2) is 41.6 Å². The molecule has 1 amide bonds. The number of aromatic nitrogens is 2. The Hall–Kier alpha value is -2.43. The number of nitrogens with one attached hydrogen (secondary N) is 1. The summed E-state index contributed by atoms with van der Waals surface area (Å²) in [6.45, 7) is 3.68. The Morgan fingerprint density at radius 1 is 1.26 bits per heavy atom. The number of amides is 1. The lowest BCUT2D eigenvalue weighted by molar-refractivity contribution is -0.117. The molecule has 0 spiro atoms. The SMILES string of the molecule is CC1=Nn2cc(-c3ccccc3)nc2NC(=O)C1C. The normalized spacial score (nSPS) is 18.3. The van der Waals surface area contributed by atoms with Crippen LogP contribution in [0.5, 0.6) is 0 Å². The number of hydrogen-bond acceptors (Lipinski definition) is 3. The third-order valence-corrected chi connectivity index (χ3v) is 3.28. The van der Waals surface area contributed by atoms with Crippen LogP contribution >= 0.6 is 0 Å². The van der Waals surface area contributed by atoms with Gasteiger partial charge in [0.1, 0.15) is 0 Å². The zero-order valence-electron chi connectivity index (χ0n) is 10.8. The molecule has 2 heterocycles. The second kappa shape index (κ2) is 4.35. The zero-order chi connectivity index (χ0) is 13.4. The molecule has 1 aliphatic rings. The maximum atomic E-state index is 11.9. The molecule has 19 heavy (non-hydrogen) atoms. The molecule has 5 nitrogen and oxygen atoms in total. The molecule has 1 aromatic carbocycles. The highest BCUT2D eigenvalue weighted by Gasteiger charge is 2.23. The number of carbonyl (C=O) groups excluding carboxylic acids is 1. The molecule has 0 saturated heterocycles. The molecule has 1 aromatic heterocycles. The van der Waals surface area contributed by atoms with Crippen LogP contribution in [-0.2, 0) is 4.79 Å². The smallest absolute Gasteiger partial charge is 0.235 e. The van der Waals surface area contributed by atoms with Crippen LogP contribution < -0.4 is 5.32 Å². The number of fused-ring (bicyclic) bond motifs is 1. The molecule has 0 bridgehead atoms. The summed E-state index contributed by atoms with van der Waals surface area (Å²) in [6, 6.07) is 9.81. The standard InChI is InChI=1S/C14H14N4O/c1-9-10(2)17-18-8-12(11-6-4-3-5-7-11)15-14(18)16-13(9)19/h3-9H,1-2H3,(H,15,16,19). The van der Waals surface area contributed by atoms with Gasteiger partial charge >= 0.3 is 0 Å². The van der Waals surface area contributed by atoms with Crippen LogP contribution in [0.1, 0.15) is 13.8 Å². The first-order chi connectivity index (χ1) is 9.15. The van der Waals surface area contributed by atoms with E-state index in [0.717, 1.165) is 17.0 Å². The number of rotatable bonds is 1. The van der Waals surface area contributed by atoms with E-state index in [4.69, 9.17) is 0 Å². The Balaban J connectivity index is 2.07. The van der Waals surface area contributed by atoms with E-state index in [9.17, 15) is 4.79 Å². The number of nitrogens with zero attached hydrogens (tertiary/aromatic N) is 3. The van der Waals surface area contributed by atoms with E-state index in [1.807, 2.05) is 50.4 Å². The number of carbonyl (C=O) groups is 1. The fourth-order valence-electron chi connectivity index (χ4n) is 1.95. The lowest BCUT2D eigenvalue weighted by Gasteiger charge is -2.05. The van der Waals surface area contributed by atoms with Crippen LogP contribution in [0.25, 0.3) is 11.3 Å². The van der Waals surface area contributed by atoms with Gasteiger partial charge in [0.05, 0.1) is 17.8 Å². The molecule has 1 unspecified atom stereocenters.